The largest absolute Gasteiger partial charge is 0.472 e. The Labute approximate surface area is 517 Å². The maximum atomic E-state index is 13.0. The number of phosphoric ester groups is 2. The Morgan fingerprint density at radius 2 is 0.471 bits per heavy atom. The minimum absolute atomic E-state index is 0.106. The van der Waals surface area contributed by atoms with Gasteiger partial charge in [-0.25, -0.2) is 9.13 Å². The molecule has 0 aromatic carbocycles. The molecule has 0 aromatic rings. The van der Waals surface area contributed by atoms with Crippen LogP contribution in [0.4, 0.5) is 0 Å². The Bertz CT molecular complexity index is 1640. The van der Waals surface area contributed by atoms with Crippen LogP contribution in [-0.2, 0) is 65.4 Å². The highest BCUT2D eigenvalue weighted by molar-refractivity contribution is 7.47. The molecule has 5 atom stereocenters. The van der Waals surface area contributed by atoms with E-state index in [0.717, 1.165) is 103 Å². The molecular formula is C66H128O17P2. The lowest BCUT2D eigenvalue weighted by Gasteiger charge is -2.21. The van der Waals surface area contributed by atoms with E-state index in [0.29, 0.717) is 25.7 Å². The van der Waals surface area contributed by atoms with E-state index in [1.54, 1.807) is 0 Å². The van der Waals surface area contributed by atoms with Gasteiger partial charge in [-0.2, -0.15) is 0 Å². The minimum Gasteiger partial charge on any atom is -0.462 e. The quantitative estimate of drug-likeness (QED) is 0.0222. The van der Waals surface area contributed by atoms with E-state index < -0.39 is 97.5 Å². The first-order valence-corrected chi connectivity index (χ1v) is 37.8. The molecule has 19 heteroatoms. The van der Waals surface area contributed by atoms with Gasteiger partial charge in [-0.1, -0.05) is 291 Å². The van der Waals surface area contributed by atoms with Gasteiger partial charge in [-0.15, -0.1) is 0 Å². The topological polar surface area (TPSA) is 237 Å². The molecule has 17 nitrogen and oxygen atoms in total. The van der Waals surface area contributed by atoms with Gasteiger partial charge in [0.15, 0.2) is 12.2 Å². The molecule has 3 N–H and O–H groups in total. The van der Waals surface area contributed by atoms with Crippen molar-refractivity contribution in [3.63, 3.8) is 0 Å². The van der Waals surface area contributed by atoms with Gasteiger partial charge in [-0.3, -0.25) is 37.3 Å². The normalized spacial score (nSPS) is 14.1. The fourth-order valence-electron chi connectivity index (χ4n) is 9.99. The van der Waals surface area contributed by atoms with Crippen LogP contribution in [0.2, 0.25) is 0 Å². The highest BCUT2D eigenvalue weighted by atomic mass is 31.2. The third kappa shape index (κ3) is 60.7. The fraction of sp³-hybridized carbons (Fsp3) is 0.939. The summed E-state index contributed by atoms with van der Waals surface area (Å²) < 4.78 is 67.9. The van der Waals surface area contributed by atoms with Gasteiger partial charge in [0.1, 0.15) is 19.3 Å². The number of ether oxygens (including phenoxy) is 4. The number of esters is 4. The number of hydrogen-bond acceptors (Lipinski definition) is 15. The molecule has 2 unspecified atom stereocenters. The maximum Gasteiger partial charge on any atom is 0.472 e. The van der Waals surface area contributed by atoms with Gasteiger partial charge >= 0.3 is 39.5 Å². The lowest BCUT2D eigenvalue weighted by Crippen LogP contribution is -2.30. The molecule has 0 radical (unpaired) electrons. The summed E-state index contributed by atoms with van der Waals surface area (Å²) in [6, 6.07) is 0. The van der Waals surface area contributed by atoms with Gasteiger partial charge in [0.25, 0.3) is 0 Å². The Balaban J connectivity index is 5.13. The number of carbonyl (C=O) groups is 4. The Kier molecular flexibility index (Phi) is 59.6. The van der Waals surface area contributed by atoms with E-state index in [1.807, 2.05) is 0 Å². The van der Waals surface area contributed by atoms with Gasteiger partial charge in [0, 0.05) is 25.7 Å². The SMILES string of the molecule is CCCCCCCCCCCCCCCCCCCCCC(=O)O[C@H](COC(=O)CCCCCCCCCCCC)COP(=O)(O)OC[C@@H](O)COP(=O)(O)OC[C@@H](COC(=O)CCCCCCCCC)OC(=O)CCCCCCCCCCC. The zero-order valence-corrected chi connectivity index (χ0v) is 56.4. The van der Waals surface area contributed by atoms with Gasteiger partial charge in [-0.05, 0) is 25.7 Å². The zero-order chi connectivity index (χ0) is 62.6. The minimum atomic E-state index is -4.94. The summed E-state index contributed by atoms with van der Waals surface area (Å²) in [7, 11) is -9.88. The molecule has 0 saturated heterocycles. The molecule has 0 saturated carbocycles. The van der Waals surface area contributed by atoms with Crippen molar-refractivity contribution in [2.75, 3.05) is 39.6 Å². The van der Waals surface area contributed by atoms with E-state index in [-0.39, 0.29) is 25.7 Å². The standard InChI is InChI=1S/C66H128O17P2/c1-5-9-13-17-21-24-26-27-28-29-30-31-32-33-34-37-41-45-49-53-66(71)83-62(57-77-64(69)51-47-43-39-36-25-22-18-14-10-6-2)59-81-85(74,75)79-55-60(67)54-78-84(72,73)80-58-61(56-76-63(68)50-46-42-38-20-16-12-8-4)82-65(70)52-48-44-40-35-23-19-15-11-7-3/h60-62,67H,5-59H2,1-4H3,(H,72,73)(H,74,75)/t60-,61+,62+/m0/s1. The van der Waals surface area contributed by atoms with Crippen molar-refractivity contribution < 1.29 is 80.2 Å². The van der Waals surface area contributed by atoms with Crippen molar-refractivity contribution in [2.45, 2.75) is 361 Å². The molecule has 0 amide bonds. The monoisotopic (exact) mass is 1250 g/mol. The van der Waals surface area contributed by atoms with Crippen LogP contribution in [0.1, 0.15) is 342 Å². The van der Waals surface area contributed by atoms with E-state index in [2.05, 4.69) is 27.7 Å². The highest BCUT2D eigenvalue weighted by Crippen LogP contribution is 2.45. The van der Waals surface area contributed by atoms with Crippen LogP contribution >= 0.6 is 15.6 Å². The van der Waals surface area contributed by atoms with E-state index in [4.69, 9.17) is 37.0 Å². The molecular weight excluding hydrogens is 1130 g/mol. The molecule has 0 rings (SSSR count). The Hall–Kier alpha value is -1.94. The molecule has 0 heterocycles. The highest BCUT2D eigenvalue weighted by Gasteiger charge is 2.30. The number of unbranched alkanes of at least 4 members (excludes halogenated alkanes) is 41. The van der Waals surface area contributed by atoms with Crippen LogP contribution in [0.5, 0.6) is 0 Å². The van der Waals surface area contributed by atoms with Crippen LogP contribution in [0.25, 0.3) is 0 Å². The van der Waals surface area contributed by atoms with Crippen molar-refractivity contribution in [2.24, 2.45) is 0 Å². The summed E-state index contributed by atoms with van der Waals surface area (Å²) in [5, 5.41) is 10.5. The molecule has 0 bridgehead atoms. The Morgan fingerprint density at radius 1 is 0.282 bits per heavy atom. The average molecular weight is 1260 g/mol. The summed E-state index contributed by atoms with van der Waals surface area (Å²) in [4.78, 5) is 72.1. The zero-order valence-electron chi connectivity index (χ0n) is 54.6. The fourth-order valence-corrected chi connectivity index (χ4v) is 11.6. The number of hydrogen-bond donors (Lipinski definition) is 3. The van der Waals surface area contributed by atoms with Crippen LogP contribution in [0, 0.1) is 0 Å². The lowest BCUT2D eigenvalue weighted by atomic mass is 10.0. The lowest BCUT2D eigenvalue weighted by molar-refractivity contribution is -0.161. The third-order valence-corrected chi connectivity index (χ3v) is 17.3. The summed E-state index contributed by atoms with van der Waals surface area (Å²) in [5.74, 6) is -2.13. The van der Waals surface area contributed by atoms with Crippen LogP contribution in [0.15, 0.2) is 0 Å². The molecule has 0 aliphatic rings. The second-order valence-corrected chi connectivity index (χ2v) is 26.8. The van der Waals surface area contributed by atoms with Crippen molar-refractivity contribution in [1.29, 1.82) is 0 Å². The Morgan fingerprint density at radius 3 is 0.694 bits per heavy atom. The smallest absolute Gasteiger partial charge is 0.462 e. The first kappa shape index (κ1) is 83.1. The first-order valence-electron chi connectivity index (χ1n) is 34.8. The number of carbonyl (C=O) groups excluding carboxylic acids is 4. The van der Waals surface area contributed by atoms with Crippen molar-refractivity contribution in [3.8, 4) is 0 Å². The summed E-state index contributed by atoms with van der Waals surface area (Å²) in [6.07, 6.45) is 47.4. The van der Waals surface area contributed by atoms with E-state index in [1.165, 1.54) is 161 Å². The molecule has 504 valence electrons. The predicted octanol–water partition coefficient (Wildman–Crippen LogP) is 18.7. The van der Waals surface area contributed by atoms with Crippen molar-refractivity contribution >= 4 is 39.5 Å². The van der Waals surface area contributed by atoms with Crippen LogP contribution in [0.3, 0.4) is 0 Å². The average Bonchev–Trinajstić information content (AvgIpc) is 3.51. The summed E-state index contributed by atoms with van der Waals surface area (Å²) in [5.41, 5.74) is 0. The maximum absolute atomic E-state index is 13.0. The van der Waals surface area contributed by atoms with E-state index in [9.17, 15) is 43.2 Å². The predicted molar refractivity (Wildman–Crippen MR) is 340 cm³/mol. The molecule has 85 heavy (non-hydrogen) atoms. The summed E-state index contributed by atoms with van der Waals surface area (Å²) in [6.45, 7) is 4.85. The number of rotatable bonds is 67. The molecule has 0 aliphatic carbocycles. The second-order valence-electron chi connectivity index (χ2n) is 23.9. The van der Waals surface area contributed by atoms with Crippen LogP contribution in [-0.4, -0.2) is 96.7 Å². The van der Waals surface area contributed by atoms with Gasteiger partial charge in [0.2, 0.25) is 0 Å². The van der Waals surface area contributed by atoms with Crippen LogP contribution < -0.4 is 0 Å². The molecule has 0 spiro atoms. The molecule has 0 fully saturated rings. The van der Waals surface area contributed by atoms with Gasteiger partial charge in [0.05, 0.1) is 26.4 Å². The van der Waals surface area contributed by atoms with Gasteiger partial charge < -0.3 is 33.8 Å². The second kappa shape index (κ2) is 60.9. The van der Waals surface area contributed by atoms with E-state index >= 15 is 0 Å². The third-order valence-electron chi connectivity index (χ3n) is 15.4. The van der Waals surface area contributed by atoms with Crippen molar-refractivity contribution in [3.05, 3.63) is 0 Å². The molecule has 0 aromatic heterocycles. The first-order chi connectivity index (χ1) is 41.2. The number of aliphatic hydroxyl groups excluding tert-OH is 1. The number of phosphoric acid groups is 2. The summed E-state index contributed by atoms with van der Waals surface area (Å²) >= 11 is 0. The number of aliphatic hydroxyl groups is 1. The van der Waals surface area contributed by atoms with Crippen molar-refractivity contribution in [1.82, 2.24) is 0 Å². The molecule has 0 aliphatic heterocycles.